The molecule has 0 spiro atoms. The highest BCUT2D eigenvalue weighted by Gasteiger charge is 2.20. The first-order valence-electron chi connectivity index (χ1n) is 4.24. The molecule has 0 saturated carbocycles. The van der Waals surface area contributed by atoms with Crippen LogP contribution in [0.25, 0.3) is 0 Å². The molecule has 0 bridgehead atoms. The average molecular weight is 185 g/mol. The normalized spacial score (nSPS) is 14.0. The van der Waals surface area contributed by atoms with Crippen molar-refractivity contribution in [2.75, 3.05) is 0 Å². The van der Waals surface area contributed by atoms with Crippen molar-refractivity contribution in [3.63, 3.8) is 0 Å². The van der Waals surface area contributed by atoms with Gasteiger partial charge in [-0.2, -0.15) is 0 Å². The highest BCUT2D eigenvalue weighted by molar-refractivity contribution is 6.82. The first kappa shape index (κ1) is 11.0. The van der Waals surface area contributed by atoms with Crippen molar-refractivity contribution in [1.82, 2.24) is 0 Å². The fourth-order valence-electron chi connectivity index (χ4n) is 0.625. The number of rotatable bonds is 3. The minimum atomic E-state index is -0.947. The van der Waals surface area contributed by atoms with Gasteiger partial charge >= 0.3 is 0 Å². The largest absolute Gasteiger partial charge is 0.168 e. The Morgan fingerprint density at radius 2 is 1.36 bits per heavy atom. The van der Waals surface area contributed by atoms with Gasteiger partial charge in [0, 0.05) is 11.7 Å². The first-order valence-corrected chi connectivity index (χ1v) is 11.4. The highest BCUT2D eigenvalue weighted by Crippen LogP contribution is 2.08. The minimum absolute atomic E-state index is 0.947. The summed E-state index contributed by atoms with van der Waals surface area (Å²) in [5.41, 5.74) is 2.41. The van der Waals surface area contributed by atoms with Crippen molar-refractivity contribution in [3.8, 4) is 0 Å². The number of allylic oxidation sites excluding steroid dienone is 1. The van der Waals surface area contributed by atoms with Gasteiger partial charge in [0.1, 0.15) is 0 Å². The molecule has 2 heteroatoms. The van der Waals surface area contributed by atoms with Gasteiger partial charge in [-0.15, -0.1) is 0 Å². The maximum Gasteiger partial charge on any atom is 0.168 e. The molecular formula is C9H21Si2+. The molecule has 11 heavy (non-hydrogen) atoms. The molecule has 64 valence electrons. The van der Waals surface area contributed by atoms with E-state index in [1.807, 2.05) is 0 Å². The summed E-state index contributed by atoms with van der Waals surface area (Å²) < 4.78 is 0. The van der Waals surface area contributed by atoms with Crippen LogP contribution in [0.5, 0.6) is 0 Å². The second kappa shape index (κ2) is 3.63. The third kappa shape index (κ3) is 10.0. The van der Waals surface area contributed by atoms with Crippen molar-refractivity contribution in [3.05, 3.63) is 17.8 Å². The van der Waals surface area contributed by atoms with E-state index in [9.17, 15) is 0 Å². The standard InChI is InChI=1S/C9H21Si2/c1-10(2,3)8-7-9-11(4,5)6/h7-9H,1-6H3/q+1/b8-7+. The van der Waals surface area contributed by atoms with E-state index >= 15 is 0 Å². The molecule has 0 N–H and O–H groups in total. The fourth-order valence-corrected chi connectivity index (χ4v) is 2.17. The summed E-state index contributed by atoms with van der Waals surface area (Å²) >= 11 is 0. The van der Waals surface area contributed by atoms with Gasteiger partial charge < -0.3 is 0 Å². The van der Waals surface area contributed by atoms with E-state index < -0.39 is 16.1 Å². The monoisotopic (exact) mass is 185 g/mol. The summed E-state index contributed by atoms with van der Waals surface area (Å²) in [7, 11) is -1.89. The Labute approximate surface area is 73.7 Å². The van der Waals surface area contributed by atoms with Crippen LogP contribution < -0.4 is 0 Å². The predicted molar refractivity (Wildman–Crippen MR) is 60.1 cm³/mol. The molecule has 0 aromatic heterocycles. The molecule has 0 atom stereocenters. The van der Waals surface area contributed by atoms with Gasteiger partial charge in [0.25, 0.3) is 0 Å². The smallest absolute Gasteiger partial charge is 0.0480 e. The molecule has 0 aliphatic rings. The molecule has 0 aliphatic heterocycles. The van der Waals surface area contributed by atoms with E-state index in [0.29, 0.717) is 0 Å². The summed E-state index contributed by atoms with van der Waals surface area (Å²) in [6.07, 6.45) is 2.29. The highest BCUT2D eigenvalue weighted by atomic mass is 28.3. The maximum absolute atomic E-state index is 2.41. The zero-order valence-corrected chi connectivity index (χ0v) is 10.7. The van der Waals surface area contributed by atoms with E-state index in [0.717, 1.165) is 0 Å². The Kier molecular flexibility index (Phi) is 3.64. The SMILES string of the molecule is C[Si](C)(C)/C=C/[CH+][Si](C)(C)C. The van der Waals surface area contributed by atoms with Crippen molar-refractivity contribution >= 4 is 16.1 Å². The van der Waals surface area contributed by atoms with Gasteiger partial charge in [-0.3, -0.25) is 0 Å². The second-order valence-corrected chi connectivity index (χ2v) is 15.4. The van der Waals surface area contributed by atoms with E-state index in [4.69, 9.17) is 0 Å². The Balaban J connectivity index is 3.80. The molecule has 0 nitrogen and oxygen atoms in total. The van der Waals surface area contributed by atoms with Crippen LogP contribution in [0.4, 0.5) is 0 Å². The van der Waals surface area contributed by atoms with Crippen LogP contribution in [0, 0.1) is 6.04 Å². The van der Waals surface area contributed by atoms with Crippen molar-refractivity contribution in [2.45, 2.75) is 39.3 Å². The molecule has 0 saturated heterocycles. The minimum Gasteiger partial charge on any atom is -0.0480 e. The molecule has 0 rings (SSSR count). The van der Waals surface area contributed by atoms with Crippen LogP contribution in [0.3, 0.4) is 0 Å². The number of hydrogen-bond acceptors (Lipinski definition) is 0. The van der Waals surface area contributed by atoms with E-state index in [1.54, 1.807) is 0 Å². The lowest BCUT2D eigenvalue weighted by Gasteiger charge is -2.06. The van der Waals surface area contributed by atoms with Gasteiger partial charge in [-0.05, 0) is 39.3 Å². The van der Waals surface area contributed by atoms with Gasteiger partial charge in [0.2, 0.25) is 0 Å². The average Bonchev–Trinajstić information content (AvgIpc) is 1.55. The summed E-state index contributed by atoms with van der Waals surface area (Å²) in [6.45, 7) is 14.2. The predicted octanol–water partition coefficient (Wildman–Crippen LogP) is 3.50. The second-order valence-electron chi connectivity index (χ2n) is 5.26. The Bertz CT molecular complexity index is 135. The van der Waals surface area contributed by atoms with Crippen LogP contribution in [0.15, 0.2) is 11.8 Å². The summed E-state index contributed by atoms with van der Waals surface area (Å²) in [5.74, 6) is 0. The molecule has 0 unspecified atom stereocenters. The van der Waals surface area contributed by atoms with Gasteiger partial charge in [0.15, 0.2) is 16.1 Å². The van der Waals surface area contributed by atoms with Crippen molar-refractivity contribution < 1.29 is 0 Å². The molecule has 0 fully saturated rings. The summed E-state index contributed by atoms with van der Waals surface area (Å²) in [6, 6.07) is 2.41. The van der Waals surface area contributed by atoms with Crippen LogP contribution in [-0.2, 0) is 0 Å². The summed E-state index contributed by atoms with van der Waals surface area (Å²) in [4.78, 5) is 0. The topological polar surface area (TPSA) is 0 Å². The van der Waals surface area contributed by atoms with Crippen molar-refractivity contribution in [1.29, 1.82) is 0 Å². The van der Waals surface area contributed by atoms with Gasteiger partial charge in [-0.25, -0.2) is 0 Å². The molecule has 0 heterocycles. The summed E-state index contributed by atoms with van der Waals surface area (Å²) in [5, 5.41) is 0. The molecule has 0 amide bonds. The molecule has 0 aliphatic carbocycles. The van der Waals surface area contributed by atoms with E-state index in [2.05, 4.69) is 57.1 Å². The van der Waals surface area contributed by atoms with Crippen molar-refractivity contribution in [2.24, 2.45) is 0 Å². The third-order valence-electron chi connectivity index (χ3n) is 1.19. The van der Waals surface area contributed by atoms with E-state index in [-0.39, 0.29) is 0 Å². The van der Waals surface area contributed by atoms with Crippen LogP contribution in [0.1, 0.15) is 0 Å². The Hall–Kier alpha value is 0.0438. The maximum atomic E-state index is 2.41. The lowest BCUT2D eigenvalue weighted by molar-refractivity contribution is 1.66. The molecule has 0 aromatic carbocycles. The van der Waals surface area contributed by atoms with Crippen LogP contribution in [-0.4, -0.2) is 16.1 Å². The third-order valence-corrected chi connectivity index (χ3v) is 3.58. The van der Waals surface area contributed by atoms with Crippen LogP contribution in [0.2, 0.25) is 39.3 Å². The lowest BCUT2D eigenvalue weighted by Crippen LogP contribution is -2.21. The Morgan fingerprint density at radius 3 is 1.64 bits per heavy atom. The first-order chi connectivity index (χ1) is 4.71. The van der Waals surface area contributed by atoms with Gasteiger partial charge in [0.05, 0.1) is 6.08 Å². The Morgan fingerprint density at radius 1 is 0.909 bits per heavy atom. The quantitative estimate of drug-likeness (QED) is 0.466. The number of hydrogen-bond donors (Lipinski definition) is 0. The zero-order chi connectivity index (χ0) is 9.12. The van der Waals surface area contributed by atoms with Crippen LogP contribution >= 0.6 is 0 Å². The molecule has 0 radical (unpaired) electrons. The molecular weight excluding hydrogens is 164 g/mol. The fraction of sp³-hybridized carbons (Fsp3) is 0.667. The lowest BCUT2D eigenvalue weighted by atomic mass is 10.8. The van der Waals surface area contributed by atoms with Gasteiger partial charge in [-0.1, -0.05) is 0 Å². The molecule has 0 aromatic rings. The van der Waals surface area contributed by atoms with E-state index in [1.165, 1.54) is 0 Å². The zero-order valence-electron chi connectivity index (χ0n) is 8.73.